The van der Waals surface area contributed by atoms with Gasteiger partial charge in [0.25, 0.3) is 0 Å². The SMILES string of the molecule is Clc1cccc(-c2nc(-c3cccc(Br)c3)nc(-c3cccc(Br)c3)n2)c1. The van der Waals surface area contributed by atoms with Crippen molar-refractivity contribution >= 4 is 43.5 Å². The van der Waals surface area contributed by atoms with E-state index in [4.69, 9.17) is 26.6 Å². The molecule has 6 heteroatoms. The Morgan fingerprint density at radius 1 is 0.556 bits per heavy atom. The number of hydrogen-bond acceptors (Lipinski definition) is 3. The van der Waals surface area contributed by atoms with E-state index in [1.54, 1.807) is 0 Å². The van der Waals surface area contributed by atoms with Gasteiger partial charge >= 0.3 is 0 Å². The maximum absolute atomic E-state index is 6.17. The summed E-state index contributed by atoms with van der Waals surface area (Å²) in [6.45, 7) is 0. The van der Waals surface area contributed by atoms with E-state index in [0.717, 1.165) is 25.6 Å². The minimum Gasteiger partial charge on any atom is -0.208 e. The molecule has 0 radical (unpaired) electrons. The normalized spacial score (nSPS) is 10.8. The largest absolute Gasteiger partial charge is 0.208 e. The highest BCUT2D eigenvalue weighted by Gasteiger charge is 2.13. The smallest absolute Gasteiger partial charge is 0.164 e. The van der Waals surface area contributed by atoms with Crippen LogP contribution in [0.4, 0.5) is 0 Å². The van der Waals surface area contributed by atoms with Gasteiger partial charge in [-0.05, 0) is 36.4 Å². The van der Waals surface area contributed by atoms with E-state index in [2.05, 4.69) is 31.9 Å². The average Bonchev–Trinajstić information content (AvgIpc) is 2.68. The molecule has 27 heavy (non-hydrogen) atoms. The van der Waals surface area contributed by atoms with E-state index < -0.39 is 0 Å². The second kappa shape index (κ2) is 7.89. The van der Waals surface area contributed by atoms with Crippen LogP contribution in [-0.4, -0.2) is 15.0 Å². The van der Waals surface area contributed by atoms with Crippen LogP contribution in [0.3, 0.4) is 0 Å². The molecule has 132 valence electrons. The quantitative estimate of drug-likeness (QED) is 0.302. The topological polar surface area (TPSA) is 38.7 Å². The monoisotopic (exact) mass is 499 g/mol. The van der Waals surface area contributed by atoms with Crippen LogP contribution in [0.1, 0.15) is 0 Å². The molecule has 0 aliphatic rings. The van der Waals surface area contributed by atoms with Gasteiger partial charge in [0.05, 0.1) is 0 Å². The molecular formula is C21H12Br2ClN3. The zero-order valence-electron chi connectivity index (χ0n) is 13.9. The van der Waals surface area contributed by atoms with Crippen molar-refractivity contribution in [3.8, 4) is 34.2 Å². The van der Waals surface area contributed by atoms with Crippen molar-refractivity contribution in [1.82, 2.24) is 15.0 Å². The van der Waals surface area contributed by atoms with Crippen molar-refractivity contribution in [2.45, 2.75) is 0 Å². The second-order valence-electron chi connectivity index (χ2n) is 5.84. The van der Waals surface area contributed by atoms with Crippen molar-refractivity contribution in [2.75, 3.05) is 0 Å². The van der Waals surface area contributed by atoms with Crippen molar-refractivity contribution in [1.29, 1.82) is 0 Å². The van der Waals surface area contributed by atoms with Crippen LogP contribution in [-0.2, 0) is 0 Å². The van der Waals surface area contributed by atoms with E-state index >= 15 is 0 Å². The molecule has 1 aromatic heterocycles. The highest BCUT2D eigenvalue weighted by atomic mass is 79.9. The average molecular weight is 502 g/mol. The van der Waals surface area contributed by atoms with Crippen LogP contribution in [0, 0.1) is 0 Å². The van der Waals surface area contributed by atoms with Crippen LogP contribution in [0.5, 0.6) is 0 Å². The van der Waals surface area contributed by atoms with Gasteiger partial charge in [-0.2, -0.15) is 0 Å². The second-order valence-corrected chi connectivity index (χ2v) is 8.11. The Balaban J connectivity index is 1.94. The van der Waals surface area contributed by atoms with Crippen molar-refractivity contribution in [3.63, 3.8) is 0 Å². The Bertz CT molecular complexity index is 978. The maximum Gasteiger partial charge on any atom is 0.164 e. The summed E-state index contributed by atoms with van der Waals surface area (Å²) in [6.07, 6.45) is 0. The first-order valence-electron chi connectivity index (χ1n) is 8.12. The van der Waals surface area contributed by atoms with Gasteiger partial charge < -0.3 is 0 Å². The minimum absolute atomic E-state index is 0.581. The van der Waals surface area contributed by atoms with Gasteiger partial charge in [-0.15, -0.1) is 0 Å². The van der Waals surface area contributed by atoms with Crippen LogP contribution < -0.4 is 0 Å². The Kier molecular flexibility index (Phi) is 5.34. The van der Waals surface area contributed by atoms with Gasteiger partial charge in [-0.25, -0.2) is 15.0 Å². The first-order valence-corrected chi connectivity index (χ1v) is 10.1. The standard InChI is InChI=1S/C21H12Br2ClN3/c22-16-7-1-4-13(10-16)19-25-20(14-5-2-8-17(23)11-14)27-21(26-19)15-6-3-9-18(24)12-15/h1-12H. The third kappa shape index (κ3) is 4.26. The molecule has 0 aliphatic heterocycles. The number of halogens is 3. The lowest BCUT2D eigenvalue weighted by atomic mass is 10.1. The Hall–Kier alpha value is -2.08. The van der Waals surface area contributed by atoms with Crippen LogP contribution in [0.15, 0.2) is 81.7 Å². The molecule has 3 nitrogen and oxygen atoms in total. The first kappa shape index (κ1) is 18.3. The lowest BCUT2D eigenvalue weighted by Crippen LogP contribution is -2.00. The molecule has 3 aromatic carbocycles. The van der Waals surface area contributed by atoms with Gasteiger partial charge in [0.2, 0.25) is 0 Å². The molecule has 0 N–H and O–H groups in total. The summed E-state index contributed by atoms with van der Waals surface area (Å²) >= 11 is 13.2. The number of aromatic nitrogens is 3. The van der Waals surface area contributed by atoms with E-state index in [1.165, 1.54) is 0 Å². The summed E-state index contributed by atoms with van der Waals surface area (Å²) in [7, 11) is 0. The van der Waals surface area contributed by atoms with Gasteiger partial charge in [0.15, 0.2) is 17.5 Å². The van der Waals surface area contributed by atoms with Gasteiger partial charge in [0.1, 0.15) is 0 Å². The highest BCUT2D eigenvalue weighted by Crippen LogP contribution is 2.28. The highest BCUT2D eigenvalue weighted by molar-refractivity contribution is 9.10. The Labute approximate surface area is 178 Å². The molecule has 1 heterocycles. The molecule has 0 saturated carbocycles. The molecule has 0 saturated heterocycles. The molecule has 4 aromatic rings. The predicted molar refractivity (Wildman–Crippen MR) is 117 cm³/mol. The summed E-state index contributed by atoms with van der Waals surface area (Å²) in [6, 6.07) is 23.3. The van der Waals surface area contributed by atoms with Crippen molar-refractivity contribution in [2.24, 2.45) is 0 Å². The molecule has 0 spiro atoms. The molecular weight excluding hydrogens is 490 g/mol. The fraction of sp³-hybridized carbons (Fsp3) is 0. The van der Waals surface area contributed by atoms with E-state index in [-0.39, 0.29) is 0 Å². The fourth-order valence-corrected chi connectivity index (χ4v) is 3.63. The van der Waals surface area contributed by atoms with Crippen LogP contribution in [0.25, 0.3) is 34.2 Å². The zero-order valence-corrected chi connectivity index (χ0v) is 17.8. The molecule has 0 bridgehead atoms. The summed E-state index contributed by atoms with van der Waals surface area (Å²) in [5.74, 6) is 1.80. The maximum atomic E-state index is 6.17. The fourth-order valence-electron chi connectivity index (χ4n) is 2.65. The van der Waals surface area contributed by atoms with Crippen molar-refractivity contribution < 1.29 is 0 Å². The van der Waals surface area contributed by atoms with Crippen molar-refractivity contribution in [3.05, 3.63) is 86.8 Å². The van der Waals surface area contributed by atoms with Gasteiger partial charge in [-0.3, -0.25) is 0 Å². The molecule has 0 unspecified atom stereocenters. The molecule has 4 rings (SSSR count). The Morgan fingerprint density at radius 3 is 1.37 bits per heavy atom. The number of hydrogen-bond donors (Lipinski definition) is 0. The predicted octanol–water partition coefficient (Wildman–Crippen LogP) is 7.05. The third-order valence-electron chi connectivity index (χ3n) is 3.88. The Morgan fingerprint density at radius 2 is 0.963 bits per heavy atom. The minimum atomic E-state index is 0.581. The summed E-state index contributed by atoms with van der Waals surface area (Å²) in [4.78, 5) is 14.1. The lowest BCUT2D eigenvalue weighted by molar-refractivity contribution is 1.07. The summed E-state index contributed by atoms with van der Waals surface area (Å²) in [5, 5.41) is 0.640. The lowest BCUT2D eigenvalue weighted by Gasteiger charge is -2.09. The molecule has 0 fully saturated rings. The van der Waals surface area contributed by atoms with Gasteiger partial charge in [0, 0.05) is 30.7 Å². The van der Waals surface area contributed by atoms with E-state index in [9.17, 15) is 0 Å². The van der Waals surface area contributed by atoms with E-state index in [1.807, 2.05) is 72.8 Å². The number of benzene rings is 3. The summed E-state index contributed by atoms with van der Waals surface area (Å²) in [5.41, 5.74) is 2.66. The van der Waals surface area contributed by atoms with Crippen LogP contribution in [0.2, 0.25) is 5.02 Å². The van der Waals surface area contributed by atoms with Gasteiger partial charge in [-0.1, -0.05) is 79.9 Å². The molecule has 0 atom stereocenters. The molecule has 0 aliphatic carbocycles. The van der Waals surface area contributed by atoms with Crippen LogP contribution >= 0.6 is 43.5 Å². The third-order valence-corrected chi connectivity index (χ3v) is 5.11. The first-order chi connectivity index (χ1) is 13.1. The number of rotatable bonds is 3. The summed E-state index contributed by atoms with van der Waals surface area (Å²) < 4.78 is 1.93. The zero-order chi connectivity index (χ0) is 18.8. The van der Waals surface area contributed by atoms with E-state index in [0.29, 0.717) is 22.5 Å². The molecule has 0 amide bonds. The number of nitrogens with zero attached hydrogens (tertiary/aromatic N) is 3.